The number of aliphatic carboxylic acids is 1. The Bertz CT molecular complexity index is 284. The molecule has 0 aromatic carbocycles. The van der Waals surface area contributed by atoms with Crippen molar-refractivity contribution in [2.75, 3.05) is 33.4 Å². The lowest BCUT2D eigenvalue weighted by Gasteiger charge is -2.29. The molecule has 0 aromatic heterocycles. The van der Waals surface area contributed by atoms with Crippen LogP contribution in [0.1, 0.15) is 27.2 Å². The van der Waals surface area contributed by atoms with E-state index in [0.717, 1.165) is 6.42 Å². The van der Waals surface area contributed by atoms with E-state index in [0.29, 0.717) is 19.7 Å². The first-order valence-electron chi connectivity index (χ1n) is 6.64. The molecule has 0 saturated heterocycles. The van der Waals surface area contributed by atoms with Crippen molar-refractivity contribution in [1.29, 1.82) is 0 Å². The van der Waals surface area contributed by atoms with E-state index in [4.69, 9.17) is 9.84 Å². The van der Waals surface area contributed by atoms with Crippen molar-refractivity contribution in [2.45, 2.75) is 33.2 Å². The number of carboxylic acid groups (broad SMARTS) is 1. The second kappa shape index (κ2) is 9.75. The minimum Gasteiger partial charge on any atom is -0.481 e. The van der Waals surface area contributed by atoms with Gasteiger partial charge in [0.2, 0.25) is 5.91 Å². The summed E-state index contributed by atoms with van der Waals surface area (Å²) < 4.78 is 4.86. The molecule has 1 amide bonds. The van der Waals surface area contributed by atoms with Crippen LogP contribution in [0.25, 0.3) is 0 Å². The second-order valence-corrected chi connectivity index (χ2v) is 4.77. The minimum absolute atomic E-state index is 0.102. The Morgan fingerprint density at radius 2 is 2.00 bits per heavy atom. The van der Waals surface area contributed by atoms with Gasteiger partial charge in [-0.2, -0.15) is 0 Å². The van der Waals surface area contributed by atoms with E-state index >= 15 is 0 Å². The molecule has 0 radical (unpaired) electrons. The van der Waals surface area contributed by atoms with Crippen molar-refractivity contribution in [3.05, 3.63) is 0 Å². The third-order valence-electron chi connectivity index (χ3n) is 3.12. The molecular weight excluding hydrogens is 248 g/mol. The molecule has 6 nitrogen and oxygen atoms in total. The summed E-state index contributed by atoms with van der Waals surface area (Å²) in [6.07, 6.45) is 0.873. The van der Waals surface area contributed by atoms with E-state index < -0.39 is 11.9 Å². The molecule has 0 spiro atoms. The summed E-state index contributed by atoms with van der Waals surface area (Å²) >= 11 is 0. The van der Waals surface area contributed by atoms with E-state index in [1.807, 2.05) is 18.7 Å². The number of hydrogen-bond acceptors (Lipinski definition) is 4. The highest BCUT2D eigenvalue weighted by molar-refractivity contribution is 5.78. The molecule has 19 heavy (non-hydrogen) atoms. The van der Waals surface area contributed by atoms with E-state index in [1.54, 1.807) is 14.0 Å². The van der Waals surface area contributed by atoms with Gasteiger partial charge >= 0.3 is 5.97 Å². The largest absolute Gasteiger partial charge is 0.481 e. The van der Waals surface area contributed by atoms with Gasteiger partial charge in [0, 0.05) is 26.2 Å². The molecule has 0 aliphatic carbocycles. The van der Waals surface area contributed by atoms with Crippen molar-refractivity contribution in [3.8, 4) is 0 Å². The van der Waals surface area contributed by atoms with Crippen LogP contribution in [0, 0.1) is 5.92 Å². The summed E-state index contributed by atoms with van der Waals surface area (Å²) in [4.78, 5) is 24.5. The van der Waals surface area contributed by atoms with Gasteiger partial charge in [0.15, 0.2) is 0 Å². The predicted molar refractivity (Wildman–Crippen MR) is 73.0 cm³/mol. The molecule has 2 atom stereocenters. The van der Waals surface area contributed by atoms with E-state index in [9.17, 15) is 9.59 Å². The molecule has 0 heterocycles. The fraction of sp³-hybridized carbons (Fsp3) is 0.846. The van der Waals surface area contributed by atoms with Gasteiger partial charge in [-0.05, 0) is 13.3 Å². The quantitative estimate of drug-likeness (QED) is 0.569. The first-order valence-corrected chi connectivity index (χ1v) is 6.64. The SMILES string of the molecule is CCC(C)N(CC(=O)NCCOC)CC(C)C(=O)O. The van der Waals surface area contributed by atoms with Crippen LogP contribution >= 0.6 is 0 Å². The van der Waals surface area contributed by atoms with Crippen LogP contribution < -0.4 is 5.32 Å². The zero-order chi connectivity index (χ0) is 14.8. The number of ether oxygens (including phenoxy) is 1. The summed E-state index contributed by atoms with van der Waals surface area (Å²) in [5.74, 6) is -1.43. The average molecular weight is 274 g/mol. The summed E-state index contributed by atoms with van der Waals surface area (Å²) in [7, 11) is 1.58. The molecule has 0 aliphatic rings. The third-order valence-corrected chi connectivity index (χ3v) is 3.12. The smallest absolute Gasteiger partial charge is 0.307 e. The average Bonchev–Trinajstić information content (AvgIpc) is 2.37. The Morgan fingerprint density at radius 1 is 1.37 bits per heavy atom. The number of hydrogen-bond donors (Lipinski definition) is 2. The van der Waals surface area contributed by atoms with Crippen LogP contribution in [0.3, 0.4) is 0 Å². The number of rotatable bonds is 10. The number of carbonyl (C=O) groups excluding carboxylic acids is 1. The van der Waals surface area contributed by atoms with Crippen molar-refractivity contribution >= 4 is 11.9 Å². The normalized spacial score (nSPS) is 14.2. The van der Waals surface area contributed by atoms with E-state index in [1.165, 1.54) is 0 Å². The van der Waals surface area contributed by atoms with Crippen LogP contribution in [0.2, 0.25) is 0 Å². The number of carboxylic acids is 1. The number of nitrogens with one attached hydrogen (secondary N) is 1. The molecule has 0 aromatic rings. The van der Waals surface area contributed by atoms with Gasteiger partial charge in [0.1, 0.15) is 0 Å². The van der Waals surface area contributed by atoms with Gasteiger partial charge in [-0.15, -0.1) is 0 Å². The topological polar surface area (TPSA) is 78.9 Å². The van der Waals surface area contributed by atoms with Crippen LogP contribution in [0.5, 0.6) is 0 Å². The summed E-state index contributed by atoms with van der Waals surface area (Å²) in [5.41, 5.74) is 0. The van der Waals surface area contributed by atoms with Crippen molar-refractivity contribution in [1.82, 2.24) is 10.2 Å². The number of amides is 1. The Balaban J connectivity index is 4.34. The maximum Gasteiger partial charge on any atom is 0.307 e. The van der Waals surface area contributed by atoms with Crippen LogP contribution in [0.4, 0.5) is 0 Å². The third kappa shape index (κ3) is 7.79. The molecule has 0 aliphatic heterocycles. The highest BCUT2D eigenvalue weighted by Crippen LogP contribution is 2.07. The van der Waals surface area contributed by atoms with Gasteiger partial charge in [0.25, 0.3) is 0 Å². The molecule has 6 heteroatoms. The van der Waals surface area contributed by atoms with E-state index in [-0.39, 0.29) is 18.5 Å². The predicted octanol–water partition coefficient (Wildman–Crippen LogP) is 0.570. The Labute approximate surface area is 115 Å². The highest BCUT2D eigenvalue weighted by atomic mass is 16.5. The standard InChI is InChI=1S/C13H26N2O4/c1-5-11(3)15(8-10(2)13(17)18)9-12(16)14-6-7-19-4/h10-11H,5-9H2,1-4H3,(H,14,16)(H,17,18). The van der Waals surface area contributed by atoms with Gasteiger partial charge in [0.05, 0.1) is 19.1 Å². The lowest BCUT2D eigenvalue weighted by molar-refractivity contribution is -0.142. The van der Waals surface area contributed by atoms with Gasteiger partial charge in [-0.25, -0.2) is 0 Å². The molecule has 0 saturated carbocycles. The van der Waals surface area contributed by atoms with Crippen LogP contribution in [-0.4, -0.2) is 61.3 Å². The molecule has 0 rings (SSSR count). The van der Waals surface area contributed by atoms with Gasteiger partial charge in [-0.3, -0.25) is 14.5 Å². The fourth-order valence-corrected chi connectivity index (χ4v) is 1.62. The van der Waals surface area contributed by atoms with Crippen molar-refractivity contribution in [3.63, 3.8) is 0 Å². The molecule has 2 N–H and O–H groups in total. The first-order chi connectivity index (χ1) is 8.92. The minimum atomic E-state index is -0.840. The molecule has 112 valence electrons. The summed E-state index contributed by atoms with van der Waals surface area (Å²) in [6, 6.07) is 0.176. The number of methoxy groups -OCH3 is 1. The molecule has 0 bridgehead atoms. The highest BCUT2D eigenvalue weighted by Gasteiger charge is 2.21. The fourth-order valence-electron chi connectivity index (χ4n) is 1.62. The Hall–Kier alpha value is -1.14. The Kier molecular flexibility index (Phi) is 9.16. The Morgan fingerprint density at radius 3 is 2.47 bits per heavy atom. The lowest BCUT2D eigenvalue weighted by Crippen LogP contribution is -2.45. The van der Waals surface area contributed by atoms with Crippen LogP contribution in [0.15, 0.2) is 0 Å². The zero-order valence-electron chi connectivity index (χ0n) is 12.3. The van der Waals surface area contributed by atoms with E-state index in [2.05, 4.69) is 5.32 Å². The first kappa shape index (κ1) is 17.9. The van der Waals surface area contributed by atoms with Crippen LogP contribution in [-0.2, 0) is 14.3 Å². The summed E-state index contributed by atoms with van der Waals surface area (Å²) in [5, 5.41) is 11.7. The maximum atomic E-state index is 11.7. The van der Waals surface area contributed by atoms with Gasteiger partial charge in [-0.1, -0.05) is 13.8 Å². The van der Waals surface area contributed by atoms with Crippen molar-refractivity contribution < 1.29 is 19.4 Å². The lowest BCUT2D eigenvalue weighted by atomic mass is 10.1. The second-order valence-electron chi connectivity index (χ2n) is 4.77. The summed E-state index contributed by atoms with van der Waals surface area (Å²) in [6.45, 7) is 7.21. The van der Waals surface area contributed by atoms with Gasteiger partial charge < -0.3 is 15.2 Å². The molecule has 0 fully saturated rings. The zero-order valence-corrected chi connectivity index (χ0v) is 12.3. The molecular formula is C13H26N2O4. The number of nitrogens with zero attached hydrogens (tertiary/aromatic N) is 1. The molecule has 2 unspecified atom stereocenters. The monoisotopic (exact) mass is 274 g/mol. The number of carbonyl (C=O) groups is 2. The maximum absolute atomic E-state index is 11.7. The van der Waals surface area contributed by atoms with Crippen molar-refractivity contribution in [2.24, 2.45) is 5.92 Å².